The Bertz CT molecular complexity index is 518. The van der Waals surface area contributed by atoms with Gasteiger partial charge in [0.2, 0.25) is 5.91 Å². The van der Waals surface area contributed by atoms with Crippen LogP contribution in [0, 0.1) is 11.7 Å². The molecule has 0 spiro atoms. The molecule has 0 unspecified atom stereocenters. The van der Waals surface area contributed by atoms with Crippen molar-refractivity contribution in [3.63, 3.8) is 0 Å². The zero-order valence-electron chi connectivity index (χ0n) is 12.5. The molecule has 5 nitrogen and oxygen atoms in total. The first-order valence-corrected chi connectivity index (χ1v) is 6.76. The summed E-state index contributed by atoms with van der Waals surface area (Å²) in [6.45, 7) is 4.53. The van der Waals surface area contributed by atoms with Gasteiger partial charge in [-0.05, 0) is 31.2 Å². The van der Waals surface area contributed by atoms with Crippen molar-refractivity contribution in [1.82, 2.24) is 10.2 Å². The first-order valence-electron chi connectivity index (χ1n) is 6.76. The standard InChI is InChI=1S/C15H21FN2O3/c1-10(2)7-17-15(21)9-18(3)8-14(20)12-6-11(16)4-5-13(12)19/h4-6,10,19H,7-9H2,1-3H3,(H,17,21). The summed E-state index contributed by atoms with van der Waals surface area (Å²) in [6.07, 6.45) is 0. The number of hydrogen-bond acceptors (Lipinski definition) is 4. The molecule has 0 bridgehead atoms. The van der Waals surface area contributed by atoms with Gasteiger partial charge >= 0.3 is 0 Å². The zero-order chi connectivity index (χ0) is 16.0. The van der Waals surface area contributed by atoms with Crippen LogP contribution in [-0.4, -0.2) is 48.4 Å². The Morgan fingerprint density at radius 1 is 1.33 bits per heavy atom. The maximum absolute atomic E-state index is 13.1. The lowest BCUT2D eigenvalue weighted by molar-refractivity contribution is -0.121. The van der Waals surface area contributed by atoms with Crippen molar-refractivity contribution in [3.8, 4) is 5.75 Å². The number of nitrogens with zero attached hydrogens (tertiary/aromatic N) is 1. The van der Waals surface area contributed by atoms with E-state index >= 15 is 0 Å². The molecule has 0 radical (unpaired) electrons. The third-order valence-electron chi connectivity index (χ3n) is 2.79. The second kappa shape index (κ2) is 7.73. The largest absolute Gasteiger partial charge is 0.507 e. The van der Waals surface area contributed by atoms with Gasteiger partial charge in [0.25, 0.3) is 0 Å². The molecule has 0 aliphatic rings. The molecule has 1 rings (SSSR count). The van der Waals surface area contributed by atoms with Gasteiger partial charge < -0.3 is 10.4 Å². The van der Waals surface area contributed by atoms with Gasteiger partial charge in [-0.3, -0.25) is 14.5 Å². The van der Waals surface area contributed by atoms with E-state index in [1.807, 2.05) is 13.8 Å². The van der Waals surface area contributed by atoms with Crippen LogP contribution in [0.5, 0.6) is 5.75 Å². The monoisotopic (exact) mass is 296 g/mol. The number of likely N-dealkylation sites (N-methyl/N-ethyl adjacent to an activating group) is 1. The van der Waals surface area contributed by atoms with E-state index in [9.17, 15) is 19.1 Å². The van der Waals surface area contributed by atoms with E-state index in [0.717, 1.165) is 18.2 Å². The van der Waals surface area contributed by atoms with E-state index in [1.54, 1.807) is 7.05 Å². The SMILES string of the molecule is CC(C)CNC(=O)CN(C)CC(=O)c1cc(F)ccc1O. The number of Topliss-reactive ketones (excluding diaryl/α,β-unsaturated/α-hetero) is 1. The molecule has 0 fully saturated rings. The van der Waals surface area contributed by atoms with E-state index in [0.29, 0.717) is 12.5 Å². The summed E-state index contributed by atoms with van der Waals surface area (Å²) in [4.78, 5) is 25.1. The minimum absolute atomic E-state index is 0.0640. The number of rotatable bonds is 7. The highest BCUT2D eigenvalue weighted by Crippen LogP contribution is 2.18. The third-order valence-corrected chi connectivity index (χ3v) is 2.79. The molecule has 0 aliphatic heterocycles. The zero-order valence-corrected chi connectivity index (χ0v) is 12.5. The van der Waals surface area contributed by atoms with Crippen LogP contribution in [0.4, 0.5) is 4.39 Å². The molecule has 0 saturated heterocycles. The Balaban J connectivity index is 2.54. The van der Waals surface area contributed by atoms with Gasteiger partial charge in [0.15, 0.2) is 5.78 Å². The highest BCUT2D eigenvalue weighted by atomic mass is 19.1. The van der Waals surface area contributed by atoms with Crippen molar-refractivity contribution in [2.24, 2.45) is 5.92 Å². The molecule has 6 heteroatoms. The maximum atomic E-state index is 13.1. The molecule has 21 heavy (non-hydrogen) atoms. The molecule has 0 aliphatic carbocycles. The average Bonchev–Trinajstić information content (AvgIpc) is 2.38. The van der Waals surface area contributed by atoms with Crippen LogP contribution in [-0.2, 0) is 4.79 Å². The van der Waals surface area contributed by atoms with Gasteiger partial charge in [0.05, 0.1) is 18.7 Å². The average molecular weight is 296 g/mol. The number of aromatic hydroxyl groups is 1. The predicted octanol–water partition coefficient (Wildman–Crippen LogP) is 1.42. The molecular weight excluding hydrogens is 275 g/mol. The van der Waals surface area contributed by atoms with Crippen LogP contribution in [0.25, 0.3) is 0 Å². The van der Waals surface area contributed by atoms with E-state index < -0.39 is 11.6 Å². The summed E-state index contributed by atoms with van der Waals surface area (Å²) in [7, 11) is 1.61. The van der Waals surface area contributed by atoms with Crippen LogP contribution >= 0.6 is 0 Å². The number of carbonyl (C=O) groups is 2. The highest BCUT2D eigenvalue weighted by Gasteiger charge is 2.16. The molecule has 1 aromatic carbocycles. The summed E-state index contributed by atoms with van der Waals surface area (Å²) in [5.41, 5.74) is -0.0792. The first kappa shape index (κ1) is 17.1. The Kier molecular flexibility index (Phi) is 6.30. The van der Waals surface area contributed by atoms with E-state index in [2.05, 4.69) is 5.32 Å². The number of hydrogen-bond donors (Lipinski definition) is 2. The van der Waals surface area contributed by atoms with Crippen molar-refractivity contribution >= 4 is 11.7 Å². The lowest BCUT2D eigenvalue weighted by Gasteiger charge is -2.16. The van der Waals surface area contributed by atoms with Gasteiger partial charge in [-0.2, -0.15) is 0 Å². The molecule has 2 N–H and O–H groups in total. The molecule has 0 aromatic heterocycles. The summed E-state index contributed by atoms with van der Waals surface area (Å²) in [5.74, 6) is -1.12. The van der Waals surface area contributed by atoms with Gasteiger partial charge in [0, 0.05) is 6.54 Å². The van der Waals surface area contributed by atoms with Crippen LogP contribution in [0.2, 0.25) is 0 Å². The number of phenolic OH excluding ortho intramolecular Hbond substituents is 1. The number of phenols is 1. The predicted molar refractivity (Wildman–Crippen MR) is 77.7 cm³/mol. The molecule has 0 saturated carbocycles. The summed E-state index contributed by atoms with van der Waals surface area (Å²) in [5, 5.41) is 12.3. The number of amides is 1. The normalized spacial score (nSPS) is 11.0. The molecule has 0 heterocycles. The smallest absolute Gasteiger partial charge is 0.234 e. The van der Waals surface area contributed by atoms with Crippen molar-refractivity contribution in [1.29, 1.82) is 0 Å². The van der Waals surface area contributed by atoms with Crippen LogP contribution < -0.4 is 5.32 Å². The Hall–Kier alpha value is -1.95. The fourth-order valence-electron chi connectivity index (χ4n) is 1.74. The molecule has 116 valence electrons. The Morgan fingerprint density at radius 2 is 2.00 bits per heavy atom. The number of nitrogens with one attached hydrogen (secondary N) is 1. The number of halogens is 1. The van der Waals surface area contributed by atoms with Crippen molar-refractivity contribution in [3.05, 3.63) is 29.6 Å². The van der Waals surface area contributed by atoms with Crippen LogP contribution in [0.3, 0.4) is 0 Å². The molecular formula is C15H21FN2O3. The van der Waals surface area contributed by atoms with E-state index in [4.69, 9.17) is 0 Å². The second-order valence-electron chi connectivity index (χ2n) is 5.45. The van der Waals surface area contributed by atoms with Gasteiger partial charge in [-0.15, -0.1) is 0 Å². The number of carbonyl (C=O) groups excluding carboxylic acids is 2. The highest BCUT2D eigenvalue weighted by molar-refractivity contribution is 6.00. The quantitative estimate of drug-likeness (QED) is 0.747. The fraction of sp³-hybridized carbons (Fsp3) is 0.467. The fourth-order valence-corrected chi connectivity index (χ4v) is 1.74. The van der Waals surface area contributed by atoms with E-state index in [1.165, 1.54) is 4.90 Å². The minimum Gasteiger partial charge on any atom is -0.507 e. The van der Waals surface area contributed by atoms with E-state index in [-0.39, 0.29) is 30.3 Å². The van der Waals surface area contributed by atoms with Crippen molar-refractivity contribution in [2.75, 3.05) is 26.7 Å². The molecule has 1 aromatic rings. The lowest BCUT2D eigenvalue weighted by atomic mass is 10.1. The summed E-state index contributed by atoms with van der Waals surface area (Å²) < 4.78 is 13.1. The van der Waals surface area contributed by atoms with Crippen molar-refractivity contribution < 1.29 is 19.1 Å². The van der Waals surface area contributed by atoms with Crippen LogP contribution in [0.1, 0.15) is 24.2 Å². The molecule has 1 amide bonds. The Morgan fingerprint density at radius 3 is 2.62 bits per heavy atom. The van der Waals surface area contributed by atoms with Gasteiger partial charge in [-0.25, -0.2) is 4.39 Å². The summed E-state index contributed by atoms with van der Waals surface area (Å²) >= 11 is 0. The Labute approximate surface area is 123 Å². The topological polar surface area (TPSA) is 69.6 Å². The lowest BCUT2D eigenvalue weighted by Crippen LogP contribution is -2.38. The third kappa shape index (κ3) is 5.91. The van der Waals surface area contributed by atoms with Crippen molar-refractivity contribution in [2.45, 2.75) is 13.8 Å². The molecule has 0 atom stereocenters. The van der Waals surface area contributed by atoms with Crippen LogP contribution in [0.15, 0.2) is 18.2 Å². The minimum atomic E-state index is -0.589. The van der Waals surface area contributed by atoms with Gasteiger partial charge in [-0.1, -0.05) is 13.8 Å². The number of ketones is 1. The number of benzene rings is 1. The first-order chi connectivity index (χ1) is 9.79. The summed E-state index contributed by atoms with van der Waals surface area (Å²) in [6, 6.07) is 3.21. The second-order valence-corrected chi connectivity index (χ2v) is 5.45. The maximum Gasteiger partial charge on any atom is 0.234 e. The van der Waals surface area contributed by atoms with Gasteiger partial charge in [0.1, 0.15) is 11.6 Å².